The van der Waals surface area contributed by atoms with Crippen LogP contribution in [0.15, 0.2) is 58.8 Å². The van der Waals surface area contributed by atoms with E-state index in [1.165, 1.54) is 11.8 Å². The quantitative estimate of drug-likeness (QED) is 0.370. The third-order valence-electron chi connectivity index (χ3n) is 4.12. The van der Waals surface area contributed by atoms with Gasteiger partial charge in [-0.05, 0) is 55.3 Å². The Morgan fingerprint density at radius 3 is 2.63 bits per heavy atom. The van der Waals surface area contributed by atoms with Gasteiger partial charge in [0.25, 0.3) is 5.91 Å². The predicted molar refractivity (Wildman–Crippen MR) is 109 cm³/mol. The molecule has 0 radical (unpaired) electrons. The number of carbonyl (C=O) groups excluding carboxylic acids is 1. The van der Waals surface area contributed by atoms with Gasteiger partial charge >= 0.3 is 0 Å². The van der Waals surface area contributed by atoms with Crippen molar-refractivity contribution in [1.29, 1.82) is 0 Å². The fourth-order valence-electron chi connectivity index (χ4n) is 2.76. The van der Waals surface area contributed by atoms with Crippen LogP contribution in [0.5, 0.6) is 5.75 Å². The molecule has 2 aromatic carbocycles. The van der Waals surface area contributed by atoms with Crippen LogP contribution in [-0.4, -0.2) is 32.0 Å². The van der Waals surface area contributed by atoms with Crippen molar-refractivity contribution in [2.45, 2.75) is 32.0 Å². The lowest BCUT2D eigenvalue weighted by Crippen LogP contribution is -2.22. The number of aromatic nitrogens is 2. The number of thioether (sulfide) groups is 1. The van der Waals surface area contributed by atoms with Crippen LogP contribution in [-0.2, 0) is 11.3 Å². The Labute approximate surface area is 162 Å². The van der Waals surface area contributed by atoms with Crippen LogP contribution in [0.1, 0.15) is 25.8 Å². The Morgan fingerprint density at radius 2 is 1.93 bits per heavy atom. The lowest BCUT2D eigenvalue weighted by Gasteiger charge is -2.07. The highest BCUT2D eigenvalue weighted by molar-refractivity contribution is 7.99. The van der Waals surface area contributed by atoms with E-state index < -0.39 is 0 Å². The van der Waals surface area contributed by atoms with Gasteiger partial charge in [-0.25, -0.2) is 10.4 Å². The number of carbonyl (C=O) groups is 1. The number of imidazole rings is 1. The Morgan fingerprint density at radius 1 is 1.19 bits per heavy atom. The van der Waals surface area contributed by atoms with Gasteiger partial charge in [-0.1, -0.05) is 30.8 Å². The van der Waals surface area contributed by atoms with Gasteiger partial charge in [0, 0.05) is 6.54 Å². The molecule has 6 nitrogen and oxygen atoms in total. The Bertz CT molecular complexity index is 964. The summed E-state index contributed by atoms with van der Waals surface area (Å²) in [5, 5.41) is 14.4. The molecule has 0 fully saturated rings. The van der Waals surface area contributed by atoms with E-state index in [9.17, 15) is 9.90 Å². The van der Waals surface area contributed by atoms with Crippen LogP contribution >= 0.6 is 11.8 Å². The first kappa shape index (κ1) is 19.0. The van der Waals surface area contributed by atoms with Crippen molar-refractivity contribution >= 4 is 34.4 Å². The van der Waals surface area contributed by atoms with Gasteiger partial charge in [-0.2, -0.15) is 5.10 Å². The number of hydrogen-bond acceptors (Lipinski definition) is 5. The molecule has 0 bridgehead atoms. The smallest absolute Gasteiger partial charge is 0.250 e. The number of phenolic OH excluding ortho intramolecular Hbond substituents is 1. The summed E-state index contributed by atoms with van der Waals surface area (Å²) < 4.78 is 2.10. The molecule has 140 valence electrons. The molecule has 3 rings (SSSR count). The standard InChI is InChI=1S/C20H22N4O2S/c1-3-16(14-9-11-15(25)12-10-14)22-23-19(26)13-27-20-21-17-7-5-6-8-18(17)24(20)4-2/h5-12,25H,3-4,13H2,1-2H3,(H,23,26). The summed E-state index contributed by atoms with van der Waals surface area (Å²) >= 11 is 1.40. The second-order valence-corrected chi connectivity index (χ2v) is 6.85. The number of nitrogens with one attached hydrogen (secondary N) is 1. The van der Waals surface area contributed by atoms with Gasteiger partial charge in [-0.15, -0.1) is 0 Å². The number of benzene rings is 2. The van der Waals surface area contributed by atoms with Gasteiger partial charge in [0.15, 0.2) is 5.16 Å². The molecule has 1 amide bonds. The van der Waals surface area contributed by atoms with Gasteiger partial charge in [-0.3, -0.25) is 4.79 Å². The SMILES string of the molecule is CCC(=NNC(=O)CSc1nc2ccccc2n1CC)c1ccc(O)cc1. The van der Waals surface area contributed by atoms with Crippen molar-refractivity contribution < 1.29 is 9.90 Å². The van der Waals surface area contributed by atoms with Crippen LogP contribution < -0.4 is 5.43 Å². The maximum Gasteiger partial charge on any atom is 0.250 e. The largest absolute Gasteiger partial charge is 0.508 e. The van der Waals surface area contributed by atoms with Crippen LogP contribution in [0.3, 0.4) is 0 Å². The summed E-state index contributed by atoms with van der Waals surface area (Å²) in [6, 6.07) is 14.7. The van der Waals surface area contributed by atoms with Crippen molar-refractivity contribution in [1.82, 2.24) is 15.0 Å². The summed E-state index contributed by atoms with van der Waals surface area (Å²) in [7, 11) is 0. The van der Waals surface area contributed by atoms with E-state index in [2.05, 4.69) is 27.0 Å². The van der Waals surface area contributed by atoms with Crippen LogP contribution in [0.2, 0.25) is 0 Å². The lowest BCUT2D eigenvalue weighted by molar-refractivity contribution is -0.118. The monoisotopic (exact) mass is 382 g/mol. The maximum atomic E-state index is 12.2. The summed E-state index contributed by atoms with van der Waals surface area (Å²) in [6.07, 6.45) is 0.670. The molecule has 2 N–H and O–H groups in total. The molecule has 0 spiro atoms. The highest BCUT2D eigenvalue weighted by Crippen LogP contribution is 2.23. The third kappa shape index (κ3) is 4.49. The average molecular weight is 382 g/mol. The molecular formula is C20H22N4O2S. The Hall–Kier alpha value is -2.80. The van der Waals surface area contributed by atoms with Crippen molar-refractivity contribution in [3.05, 3.63) is 54.1 Å². The van der Waals surface area contributed by atoms with E-state index in [4.69, 9.17) is 0 Å². The zero-order valence-electron chi connectivity index (χ0n) is 15.3. The Kier molecular flexibility index (Phi) is 6.13. The number of aromatic hydroxyl groups is 1. The van der Waals surface area contributed by atoms with Gasteiger partial charge in [0.2, 0.25) is 0 Å². The van der Waals surface area contributed by atoms with Crippen molar-refractivity contribution in [3.8, 4) is 5.75 Å². The van der Waals surface area contributed by atoms with Crippen LogP contribution in [0, 0.1) is 0 Å². The number of hydrogen-bond donors (Lipinski definition) is 2. The van der Waals surface area contributed by atoms with Crippen LogP contribution in [0.25, 0.3) is 11.0 Å². The number of aryl methyl sites for hydroxylation is 1. The third-order valence-corrected chi connectivity index (χ3v) is 5.10. The number of amides is 1. The fraction of sp³-hybridized carbons (Fsp3) is 0.250. The Balaban J connectivity index is 1.65. The summed E-state index contributed by atoms with van der Waals surface area (Å²) in [5.41, 5.74) is 6.25. The second-order valence-electron chi connectivity index (χ2n) is 5.91. The van der Waals surface area contributed by atoms with Gasteiger partial charge in [0.05, 0.1) is 22.5 Å². The molecule has 0 atom stereocenters. The van der Waals surface area contributed by atoms with E-state index in [0.29, 0.717) is 6.42 Å². The van der Waals surface area contributed by atoms with E-state index in [1.807, 2.05) is 31.2 Å². The number of hydrazone groups is 1. The molecule has 1 aromatic heterocycles. The summed E-state index contributed by atoms with van der Waals surface area (Å²) in [4.78, 5) is 16.8. The number of nitrogens with zero attached hydrogens (tertiary/aromatic N) is 3. The fourth-order valence-corrected chi connectivity index (χ4v) is 3.63. The zero-order valence-corrected chi connectivity index (χ0v) is 16.2. The first-order chi connectivity index (χ1) is 13.1. The molecular weight excluding hydrogens is 360 g/mol. The minimum atomic E-state index is -0.181. The van der Waals surface area contributed by atoms with Gasteiger partial charge < -0.3 is 9.67 Å². The maximum absolute atomic E-state index is 12.2. The number of para-hydroxylation sites is 2. The van der Waals surface area contributed by atoms with Crippen LogP contribution in [0.4, 0.5) is 0 Å². The van der Waals surface area contributed by atoms with E-state index in [1.54, 1.807) is 24.3 Å². The number of fused-ring (bicyclic) bond motifs is 1. The van der Waals surface area contributed by atoms with Gasteiger partial charge in [0.1, 0.15) is 5.75 Å². The first-order valence-corrected chi connectivity index (χ1v) is 9.83. The van der Waals surface area contributed by atoms with E-state index in [0.717, 1.165) is 34.0 Å². The summed E-state index contributed by atoms with van der Waals surface area (Å²) in [5.74, 6) is 0.257. The predicted octanol–water partition coefficient (Wildman–Crippen LogP) is 3.78. The molecule has 7 heteroatoms. The van der Waals surface area contributed by atoms with Crippen molar-refractivity contribution in [3.63, 3.8) is 0 Å². The number of phenols is 1. The topological polar surface area (TPSA) is 79.5 Å². The lowest BCUT2D eigenvalue weighted by atomic mass is 10.1. The molecule has 27 heavy (non-hydrogen) atoms. The molecule has 0 unspecified atom stereocenters. The molecule has 0 saturated carbocycles. The molecule has 0 saturated heterocycles. The zero-order chi connectivity index (χ0) is 19.2. The molecule has 0 aliphatic carbocycles. The average Bonchev–Trinajstić information content (AvgIpc) is 3.05. The van der Waals surface area contributed by atoms with E-state index in [-0.39, 0.29) is 17.4 Å². The molecule has 0 aliphatic heterocycles. The minimum Gasteiger partial charge on any atom is -0.508 e. The highest BCUT2D eigenvalue weighted by Gasteiger charge is 2.12. The second kappa shape index (κ2) is 8.73. The minimum absolute atomic E-state index is 0.181. The van der Waals surface area contributed by atoms with Crippen molar-refractivity contribution in [2.75, 3.05) is 5.75 Å². The molecule has 3 aromatic rings. The highest BCUT2D eigenvalue weighted by atomic mass is 32.2. The summed E-state index contributed by atoms with van der Waals surface area (Å²) in [6.45, 7) is 4.83. The van der Waals surface area contributed by atoms with Crippen molar-refractivity contribution in [2.24, 2.45) is 5.10 Å². The molecule has 1 heterocycles. The molecule has 0 aliphatic rings. The number of rotatable bonds is 7. The normalized spacial score (nSPS) is 11.7. The first-order valence-electron chi connectivity index (χ1n) is 8.85. The van der Waals surface area contributed by atoms with E-state index >= 15 is 0 Å².